The van der Waals surface area contributed by atoms with Gasteiger partial charge in [-0.25, -0.2) is 9.59 Å². The van der Waals surface area contributed by atoms with Gasteiger partial charge in [0.25, 0.3) is 0 Å². The summed E-state index contributed by atoms with van der Waals surface area (Å²) < 4.78 is 19.8. The fraction of sp³-hybridized carbons (Fsp3) is 0.273. The van der Waals surface area contributed by atoms with Crippen molar-refractivity contribution in [2.45, 2.75) is 12.5 Å². The normalized spacial score (nSPS) is 10.9. The molecule has 2 rings (SSSR count). The Bertz CT molecular complexity index is 908. The largest absolute Gasteiger partial charge is 0.464 e. The van der Waals surface area contributed by atoms with E-state index >= 15 is 0 Å². The number of hydrogen-bond acceptors (Lipinski definition) is 9. The molecule has 33 heavy (non-hydrogen) atoms. The first-order valence-corrected chi connectivity index (χ1v) is 10.0. The minimum absolute atomic E-state index is 0.000671. The summed E-state index contributed by atoms with van der Waals surface area (Å²) in [4.78, 5) is 46.8. The van der Waals surface area contributed by atoms with E-state index in [0.717, 1.165) is 0 Å². The van der Waals surface area contributed by atoms with Crippen LogP contribution in [-0.4, -0.2) is 56.5 Å². The molecule has 0 aliphatic carbocycles. The molecule has 0 bridgehead atoms. The fourth-order valence-corrected chi connectivity index (χ4v) is 2.31. The van der Waals surface area contributed by atoms with Gasteiger partial charge in [-0.05, 0) is 24.3 Å². The van der Waals surface area contributed by atoms with Crippen molar-refractivity contribution < 1.29 is 38.1 Å². The molecule has 0 spiro atoms. The second-order valence-corrected chi connectivity index (χ2v) is 6.46. The number of carbonyl (C=O) groups is 4. The molecule has 2 aromatic carbocycles. The molecule has 176 valence electrons. The minimum Gasteiger partial charge on any atom is -0.464 e. The third-order valence-electron chi connectivity index (χ3n) is 3.85. The average Bonchev–Trinajstić information content (AvgIpc) is 2.80. The zero-order valence-electron chi connectivity index (χ0n) is 17.7. The highest BCUT2D eigenvalue weighted by Crippen LogP contribution is 2.08. The zero-order valence-corrected chi connectivity index (χ0v) is 17.7. The van der Waals surface area contributed by atoms with Crippen LogP contribution in [0, 0.1) is 0 Å². The first-order valence-electron chi connectivity index (χ1n) is 10.0. The van der Waals surface area contributed by atoms with Crippen LogP contribution in [0.5, 0.6) is 11.5 Å². The standard InChI is InChI=1S/C22H25N3O8/c23-18(20(27)31-14-12-25-22(29)33-17-9-5-2-6-10-17)15-19(26)30-13-11-24-21(28)32-16-7-3-1-4-8-16/h1-10,18H,11-15,23H2,(H,24,28)(H,25,29). The van der Waals surface area contributed by atoms with Crippen molar-refractivity contribution in [3.63, 3.8) is 0 Å². The van der Waals surface area contributed by atoms with E-state index in [-0.39, 0.29) is 26.3 Å². The van der Waals surface area contributed by atoms with Gasteiger partial charge in [0.2, 0.25) is 0 Å². The predicted molar refractivity (Wildman–Crippen MR) is 115 cm³/mol. The van der Waals surface area contributed by atoms with E-state index < -0.39 is 36.6 Å². The highest BCUT2D eigenvalue weighted by Gasteiger charge is 2.20. The van der Waals surface area contributed by atoms with Crippen LogP contribution in [0.3, 0.4) is 0 Å². The van der Waals surface area contributed by atoms with E-state index in [9.17, 15) is 19.2 Å². The first-order chi connectivity index (χ1) is 15.9. The number of hydrogen-bond donors (Lipinski definition) is 3. The lowest BCUT2D eigenvalue weighted by atomic mass is 10.2. The third-order valence-corrected chi connectivity index (χ3v) is 3.85. The Labute approximate surface area is 190 Å². The number of nitrogens with two attached hydrogens (primary N) is 1. The van der Waals surface area contributed by atoms with Gasteiger partial charge in [-0.3, -0.25) is 9.59 Å². The van der Waals surface area contributed by atoms with Crippen LogP contribution in [-0.2, 0) is 19.1 Å². The summed E-state index contributed by atoms with van der Waals surface area (Å²) in [5.41, 5.74) is 5.62. The minimum atomic E-state index is -1.23. The summed E-state index contributed by atoms with van der Waals surface area (Å²) in [7, 11) is 0. The maximum atomic E-state index is 11.8. The second-order valence-electron chi connectivity index (χ2n) is 6.46. The average molecular weight is 459 g/mol. The Morgan fingerprint density at radius 1 is 0.727 bits per heavy atom. The van der Waals surface area contributed by atoms with Crippen LogP contribution in [0.2, 0.25) is 0 Å². The summed E-state index contributed by atoms with van der Waals surface area (Å²) >= 11 is 0. The number of para-hydroxylation sites is 2. The van der Waals surface area contributed by atoms with Gasteiger partial charge in [0.05, 0.1) is 19.5 Å². The maximum absolute atomic E-state index is 11.8. The lowest BCUT2D eigenvalue weighted by molar-refractivity contribution is -0.151. The number of nitrogens with one attached hydrogen (secondary N) is 2. The molecule has 1 atom stereocenters. The summed E-state index contributed by atoms with van der Waals surface area (Å²) in [6.45, 7) is -0.266. The Balaban J connectivity index is 1.52. The van der Waals surface area contributed by atoms with Crippen molar-refractivity contribution in [3.8, 4) is 11.5 Å². The van der Waals surface area contributed by atoms with Gasteiger partial charge in [-0.15, -0.1) is 0 Å². The van der Waals surface area contributed by atoms with Crippen LogP contribution in [0.4, 0.5) is 9.59 Å². The fourth-order valence-electron chi connectivity index (χ4n) is 2.31. The Kier molecular flexibility index (Phi) is 10.7. The summed E-state index contributed by atoms with van der Waals surface area (Å²) in [5.74, 6) is -0.812. The van der Waals surface area contributed by atoms with E-state index in [0.29, 0.717) is 11.5 Å². The van der Waals surface area contributed by atoms with E-state index in [1.807, 2.05) is 0 Å². The van der Waals surface area contributed by atoms with Gasteiger partial charge < -0.3 is 35.3 Å². The Morgan fingerprint density at radius 3 is 1.67 bits per heavy atom. The van der Waals surface area contributed by atoms with Crippen molar-refractivity contribution in [1.82, 2.24) is 10.6 Å². The quantitative estimate of drug-likeness (QED) is 0.334. The van der Waals surface area contributed by atoms with Gasteiger partial charge >= 0.3 is 24.1 Å². The molecule has 0 aliphatic heterocycles. The van der Waals surface area contributed by atoms with E-state index in [1.54, 1.807) is 60.7 Å². The molecule has 0 aromatic heterocycles. The molecule has 4 N–H and O–H groups in total. The monoisotopic (exact) mass is 459 g/mol. The molecule has 11 nitrogen and oxygen atoms in total. The number of rotatable bonds is 11. The molecule has 2 amide bonds. The number of amides is 2. The van der Waals surface area contributed by atoms with Crippen LogP contribution in [0.1, 0.15) is 6.42 Å². The van der Waals surface area contributed by atoms with Crippen LogP contribution < -0.4 is 25.8 Å². The first kappa shape index (κ1) is 25.1. The number of benzene rings is 2. The molecule has 0 fully saturated rings. The van der Waals surface area contributed by atoms with Gasteiger partial charge in [0, 0.05) is 0 Å². The predicted octanol–water partition coefficient (Wildman–Crippen LogP) is 1.37. The zero-order chi connectivity index (χ0) is 23.9. The molecule has 0 saturated carbocycles. The van der Waals surface area contributed by atoms with E-state index in [1.165, 1.54) is 0 Å². The third kappa shape index (κ3) is 10.6. The maximum Gasteiger partial charge on any atom is 0.412 e. The molecule has 2 aromatic rings. The second kappa shape index (κ2) is 14.0. The smallest absolute Gasteiger partial charge is 0.412 e. The van der Waals surface area contributed by atoms with Gasteiger partial charge in [0.15, 0.2) is 0 Å². The van der Waals surface area contributed by atoms with Crippen molar-refractivity contribution in [1.29, 1.82) is 0 Å². The Hall–Kier alpha value is -4.12. The lowest BCUT2D eigenvalue weighted by Gasteiger charge is -2.12. The molecule has 0 saturated heterocycles. The molecule has 0 radical (unpaired) electrons. The van der Waals surface area contributed by atoms with Crippen molar-refractivity contribution in [3.05, 3.63) is 60.7 Å². The molecule has 0 aliphatic rings. The highest BCUT2D eigenvalue weighted by atomic mass is 16.6. The van der Waals surface area contributed by atoms with Gasteiger partial charge in [-0.2, -0.15) is 0 Å². The van der Waals surface area contributed by atoms with Gasteiger partial charge in [0.1, 0.15) is 30.8 Å². The molecular formula is C22H25N3O8. The van der Waals surface area contributed by atoms with Crippen molar-refractivity contribution >= 4 is 24.1 Å². The number of carbonyl (C=O) groups excluding carboxylic acids is 4. The van der Waals surface area contributed by atoms with E-state index in [4.69, 9.17) is 24.7 Å². The van der Waals surface area contributed by atoms with Gasteiger partial charge in [-0.1, -0.05) is 36.4 Å². The highest BCUT2D eigenvalue weighted by molar-refractivity contribution is 5.82. The van der Waals surface area contributed by atoms with Crippen LogP contribution in [0.25, 0.3) is 0 Å². The molecule has 0 heterocycles. The van der Waals surface area contributed by atoms with E-state index in [2.05, 4.69) is 10.6 Å². The molecular weight excluding hydrogens is 434 g/mol. The Morgan fingerprint density at radius 2 is 1.18 bits per heavy atom. The van der Waals surface area contributed by atoms with Crippen molar-refractivity contribution in [2.24, 2.45) is 5.73 Å². The molecule has 1 unspecified atom stereocenters. The molecule has 11 heteroatoms. The van der Waals surface area contributed by atoms with Crippen molar-refractivity contribution in [2.75, 3.05) is 26.3 Å². The van der Waals surface area contributed by atoms with Crippen LogP contribution in [0.15, 0.2) is 60.7 Å². The van der Waals surface area contributed by atoms with Crippen LogP contribution >= 0.6 is 0 Å². The summed E-state index contributed by atoms with van der Waals surface area (Å²) in [6, 6.07) is 15.7. The summed E-state index contributed by atoms with van der Waals surface area (Å²) in [5, 5.41) is 4.82. The topological polar surface area (TPSA) is 155 Å². The number of ether oxygens (including phenoxy) is 4. The lowest BCUT2D eigenvalue weighted by Crippen LogP contribution is -2.37. The summed E-state index contributed by atoms with van der Waals surface area (Å²) in [6.07, 6.45) is -1.80. The number of esters is 2. The SMILES string of the molecule is NC(CC(=O)OCCNC(=O)Oc1ccccc1)C(=O)OCCNC(=O)Oc1ccccc1.